The van der Waals surface area contributed by atoms with Gasteiger partial charge in [-0.2, -0.15) is 13.2 Å². The van der Waals surface area contributed by atoms with Crippen molar-refractivity contribution < 1.29 is 27.9 Å². The van der Waals surface area contributed by atoms with E-state index in [1.165, 1.54) is 11.6 Å². The predicted molar refractivity (Wildman–Crippen MR) is 80.4 cm³/mol. The molecule has 0 radical (unpaired) electrons. The van der Waals surface area contributed by atoms with E-state index in [1.807, 2.05) is 24.4 Å². The Labute approximate surface area is 140 Å². The largest absolute Gasteiger partial charge is 0.480 e. The average molecular weight is 356 g/mol. The normalized spacial score (nSPS) is 12.7. The number of aromatic nitrogens is 3. The molecule has 0 bridgehead atoms. The van der Waals surface area contributed by atoms with E-state index in [-0.39, 0.29) is 11.4 Å². The first-order valence-electron chi connectivity index (χ1n) is 7.18. The van der Waals surface area contributed by atoms with Crippen LogP contribution in [0.3, 0.4) is 0 Å². The van der Waals surface area contributed by atoms with Gasteiger partial charge in [0, 0.05) is 0 Å². The second-order valence-electron chi connectivity index (χ2n) is 5.45. The first-order valence-corrected chi connectivity index (χ1v) is 7.18. The summed E-state index contributed by atoms with van der Waals surface area (Å²) < 4.78 is 38.6. The molecule has 0 unspecified atom stereocenters. The van der Waals surface area contributed by atoms with Crippen molar-refractivity contribution in [2.24, 2.45) is 0 Å². The Bertz CT molecular complexity index is 784. The lowest BCUT2D eigenvalue weighted by Crippen LogP contribution is -2.43. The molecular weight excluding hydrogens is 341 g/mol. The predicted octanol–water partition coefficient (Wildman–Crippen LogP) is 2.02. The lowest BCUT2D eigenvalue weighted by Gasteiger charge is -2.15. The van der Waals surface area contributed by atoms with Gasteiger partial charge in [-0.25, -0.2) is 9.48 Å². The van der Waals surface area contributed by atoms with Gasteiger partial charge in [0.15, 0.2) is 5.69 Å². The number of carbonyl (C=O) groups excluding carboxylic acids is 1. The van der Waals surface area contributed by atoms with Crippen LogP contribution in [0.4, 0.5) is 13.2 Å². The lowest BCUT2D eigenvalue weighted by atomic mass is 10.2. The number of hydrogen-bond donors (Lipinski definition) is 2. The molecule has 25 heavy (non-hydrogen) atoms. The second-order valence-corrected chi connectivity index (χ2v) is 5.45. The Morgan fingerprint density at radius 3 is 2.36 bits per heavy atom. The summed E-state index contributed by atoms with van der Waals surface area (Å²) in [5, 5.41) is 18.1. The van der Waals surface area contributed by atoms with Gasteiger partial charge in [0.2, 0.25) is 0 Å². The highest BCUT2D eigenvalue weighted by Gasteiger charge is 2.37. The van der Waals surface area contributed by atoms with Crippen molar-refractivity contribution in [3.05, 3.63) is 41.2 Å². The van der Waals surface area contributed by atoms with Gasteiger partial charge in [0.05, 0.1) is 17.8 Å². The Morgan fingerprint density at radius 1 is 1.24 bits per heavy atom. The quantitative estimate of drug-likeness (QED) is 0.854. The number of aryl methyl sites for hydroxylation is 1. The molecule has 1 atom stereocenters. The highest BCUT2D eigenvalue weighted by Crippen LogP contribution is 2.22. The van der Waals surface area contributed by atoms with Gasteiger partial charge in [-0.15, -0.1) is 5.10 Å². The first kappa shape index (κ1) is 18.4. The first-order chi connectivity index (χ1) is 11.6. The summed E-state index contributed by atoms with van der Waals surface area (Å²) in [5.41, 5.74) is 1.65. The molecular formula is C15H15F3N4O3. The number of alkyl halides is 3. The minimum atomic E-state index is -4.73. The van der Waals surface area contributed by atoms with Crippen LogP contribution in [0.15, 0.2) is 24.3 Å². The van der Waals surface area contributed by atoms with Crippen molar-refractivity contribution in [2.75, 3.05) is 0 Å². The van der Waals surface area contributed by atoms with Crippen LogP contribution in [0.25, 0.3) is 5.69 Å². The van der Waals surface area contributed by atoms with E-state index in [0.29, 0.717) is 5.69 Å². The van der Waals surface area contributed by atoms with Gasteiger partial charge in [0.1, 0.15) is 6.04 Å². The van der Waals surface area contributed by atoms with Crippen molar-refractivity contribution in [3.8, 4) is 5.69 Å². The van der Waals surface area contributed by atoms with Crippen LogP contribution in [0.2, 0.25) is 0 Å². The summed E-state index contributed by atoms with van der Waals surface area (Å²) in [5.74, 6) is -2.82. The molecule has 0 fully saturated rings. The summed E-state index contributed by atoms with van der Waals surface area (Å²) in [6.07, 6.45) is -6.41. The van der Waals surface area contributed by atoms with Crippen molar-refractivity contribution in [3.63, 3.8) is 0 Å². The summed E-state index contributed by atoms with van der Waals surface area (Å²) in [6, 6.07) is 5.02. The number of carboxylic acid groups (broad SMARTS) is 1. The average Bonchev–Trinajstić information content (AvgIpc) is 2.87. The zero-order valence-electron chi connectivity index (χ0n) is 13.3. The third-order valence-corrected chi connectivity index (χ3v) is 3.43. The van der Waals surface area contributed by atoms with E-state index in [0.717, 1.165) is 5.56 Å². The molecule has 0 aliphatic carbocycles. The summed E-state index contributed by atoms with van der Waals surface area (Å²) in [4.78, 5) is 23.0. The van der Waals surface area contributed by atoms with E-state index >= 15 is 0 Å². The van der Waals surface area contributed by atoms with Gasteiger partial charge in [-0.3, -0.25) is 4.79 Å². The Kier molecular flexibility index (Phi) is 5.10. The molecule has 1 amide bonds. The minimum Gasteiger partial charge on any atom is -0.480 e. The lowest BCUT2D eigenvalue weighted by molar-refractivity contribution is -0.157. The standard InChI is InChI=1S/C15H15F3N4O3/c1-8-3-5-10(6-4-8)22-9(2)12(20-21-22)13(23)19-11(14(24)25)7-15(16,17)18/h3-6,11H,7H2,1-2H3,(H,19,23)(H,24,25)/t11-/m0/s1. The van der Waals surface area contributed by atoms with Crippen LogP contribution >= 0.6 is 0 Å². The van der Waals surface area contributed by atoms with Crippen LogP contribution in [-0.4, -0.2) is 44.2 Å². The van der Waals surface area contributed by atoms with Gasteiger partial charge >= 0.3 is 12.1 Å². The Hall–Kier alpha value is -2.91. The summed E-state index contributed by atoms with van der Waals surface area (Å²) >= 11 is 0. The zero-order valence-corrected chi connectivity index (χ0v) is 13.3. The molecule has 2 rings (SSSR count). The Balaban J connectivity index is 2.22. The van der Waals surface area contributed by atoms with E-state index in [9.17, 15) is 22.8 Å². The maximum Gasteiger partial charge on any atom is 0.391 e. The molecule has 2 N–H and O–H groups in total. The number of hydrogen-bond acceptors (Lipinski definition) is 4. The maximum absolute atomic E-state index is 12.4. The molecule has 0 spiro atoms. The number of rotatable bonds is 5. The van der Waals surface area contributed by atoms with Crippen LogP contribution in [0.1, 0.15) is 28.2 Å². The number of amides is 1. The van der Waals surface area contributed by atoms with Crippen LogP contribution in [0, 0.1) is 13.8 Å². The van der Waals surface area contributed by atoms with E-state index < -0.39 is 30.5 Å². The third kappa shape index (κ3) is 4.55. The van der Waals surface area contributed by atoms with Crippen LogP contribution < -0.4 is 5.32 Å². The maximum atomic E-state index is 12.4. The van der Waals surface area contributed by atoms with Gasteiger partial charge in [-0.05, 0) is 26.0 Å². The number of halogens is 3. The fourth-order valence-electron chi connectivity index (χ4n) is 2.13. The molecule has 0 saturated heterocycles. The molecule has 1 aromatic carbocycles. The molecule has 0 saturated carbocycles. The Morgan fingerprint density at radius 2 is 1.84 bits per heavy atom. The smallest absolute Gasteiger partial charge is 0.391 e. The van der Waals surface area contributed by atoms with E-state index in [4.69, 9.17) is 5.11 Å². The van der Waals surface area contributed by atoms with Crippen LogP contribution in [0.5, 0.6) is 0 Å². The van der Waals surface area contributed by atoms with Crippen molar-refractivity contribution >= 4 is 11.9 Å². The van der Waals surface area contributed by atoms with Gasteiger partial charge < -0.3 is 10.4 Å². The molecule has 7 nitrogen and oxygen atoms in total. The zero-order chi connectivity index (χ0) is 18.8. The van der Waals surface area contributed by atoms with Gasteiger partial charge in [0.25, 0.3) is 5.91 Å². The summed E-state index contributed by atoms with van der Waals surface area (Å²) in [6.45, 7) is 3.40. The fourth-order valence-corrected chi connectivity index (χ4v) is 2.13. The number of nitrogens with one attached hydrogen (secondary N) is 1. The summed E-state index contributed by atoms with van der Waals surface area (Å²) in [7, 11) is 0. The third-order valence-electron chi connectivity index (χ3n) is 3.43. The number of benzene rings is 1. The molecule has 2 aromatic rings. The van der Waals surface area contributed by atoms with Crippen molar-refractivity contribution in [1.82, 2.24) is 20.3 Å². The monoisotopic (exact) mass is 356 g/mol. The highest BCUT2D eigenvalue weighted by atomic mass is 19.4. The minimum absolute atomic E-state index is 0.242. The van der Waals surface area contributed by atoms with Crippen LogP contribution in [-0.2, 0) is 4.79 Å². The number of carboxylic acids is 1. The second kappa shape index (κ2) is 6.91. The SMILES string of the molecule is Cc1ccc(-n2nnc(C(=O)N[C@@H](CC(F)(F)F)C(=O)O)c2C)cc1. The molecule has 1 aromatic heterocycles. The van der Waals surface area contributed by atoms with Gasteiger partial charge in [-0.1, -0.05) is 22.9 Å². The fraction of sp³-hybridized carbons (Fsp3) is 0.333. The highest BCUT2D eigenvalue weighted by molar-refractivity contribution is 5.95. The van der Waals surface area contributed by atoms with Crippen molar-refractivity contribution in [2.45, 2.75) is 32.5 Å². The molecule has 1 heterocycles. The van der Waals surface area contributed by atoms with Crippen molar-refractivity contribution in [1.29, 1.82) is 0 Å². The molecule has 10 heteroatoms. The number of carbonyl (C=O) groups is 2. The number of nitrogens with zero attached hydrogens (tertiary/aromatic N) is 3. The topological polar surface area (TPSA) is 97.1 Å². The van der Waals surface area contributed by atoms with E-state index in [1.54, 1.807) is 12.1 Å². The number of aliphatic carboxylic acids is 1. The van der Waals surface area contributed by atoms with E-state index in [2.05, 4.69) is 10.3 Å². The molecule has 0 aliphatic heterocycles. The molecule has 134 valence electrons. The molecule has 0 aliphatic rings.